The van der Waals surface area contributed by atoms with E-state index in [0.29, 0.717) is 12.3 Å². The Hall–Kier alpha value is -1.98. The van der Waals surface area contributed by atoms with E-state index in [1.165, 1.54) is 38.5 Å². The summed E-state index contributed by atoms with van der Waals surface area (Å²) in [6.07, 6.45) is 12.7. The van der Waals surface area contributed by atoms with Gasteiger partial charge >= 0.3 is 0 Å². The summed E-state index contributed by atoms with van der Waals surface area (Å²) < 4.78 is 0. The monoisotopic (exact) mass is 410 g/mol. The summed E-state index contributed by atoms with van der Waals surface area (Å²) >= 11 is 0. The number of carbonyl (C=O) groups is 2. The van der Waals surface area contributed by atoms with Crippen LogP contribution in [0.1, 0.15) is 93.8 Å². The van der Waals surface area contributed by atoms with Crippen LogP contribution in [-0.4, -0.2) is 39.8 Å². The van der Waals surface area contributed by atoms with Crippen molar-refractivity contribution in [1.82, 2.24) is 14.9 Å². The first-order valence-electron chi connectivity index (χ1n) is 12.1. The number of carbonyl (C=O) groups excluding carboxylic acids is 2. The van der Waals surface area contributed by atoms with E-state index >= 15 is 0 Å². The van der Waals surface area contributed by atoms with Gasteiger partial charge in [-0.25, -0.2) is 9.97 Å². The van der Waals surface area contributed by atoms with Crippen molar-refractivity contribution in [3.63, 3.8) is 0 Å². The normalized spacial score (nSPS) is 25.4. The van der Waals surface area contributed by atoms with Gasteiger partial charge < -0.3 is 4.90 Å². The van der Waals surface area contributed by atoms with Crippen molar-refractivity contribution >= 4 is 17.6 Å². The number of likely N-dealkylation sites (tertiary alicyclic amines) is 1. The van der Waals surface area contributed by atoms with E-state index in [-0.39, 0.29) is 23.8 Å². The summed E-state index contributed by atoms with van der Waals surface area (Å²) in [7, 11) is 0. The molecule has 2 aliphatic carbocycles. The highest BCUT2D eigenvalue weighted by atomic mass is 16.2. The molecule has 6 heteroatoms. The van der Waals surface area contributed by atoms with E-state index in [4.69, 9.17) is 9.97 Å². The Bertz CT molecular complexity index is 829. The number of rotatable bonds is 4. The van der Waals surface area contributed by atoms with Gasteiger partial charge in [0.25, 0.3) is 0 Å². The SMILES string of the molecule is Cc1nc([C@@H]2CCCN2C(=O)C2CCC2)nc2c1CCC(=O)N2CC1CCCCC1. The second-order valence-corrected chi connectivity index (χ2v) is 9.80. The molecule has 162 valence electrons. The Morgan fingerprint density at radius 1 is 0.967 bits per heavy atom. The lowest BCUT2D eigenvalue weighted by Crippen LogP contribution is -2.41. The molecule has 5 rings (SSSR count). The lowest BCUT2D eigenvalue weighted by molar-refractivity contribution is -0.139. The summed E-state index contributed by atoms with van der Waals surface area (Å²) in [6.45, 7) is 3.65. The van der Waals surface area contributed by atoms with Crippen molar-refractivity contribution < 1.29 is 9.59 Å². The zero-order valence-electron chi connectivity index (χ0n) is 18.2. The molecule has 2 aliphatic heterocycles. The van der Waals surface area contributed by atoms with E-state index < -0.39 is 0 Å². The number of amides is 2. The van der Waals surface area contributed by atoms with Gasteiger partial charge in [-0.2, -0.15) is 0 Å². The number of aryl methyl sites for hydroxylation is 1. The second-order valence-electron chi connectivity index (χ2n) is 9.80. The Kier molecular flexibility index (Phi) is 5.50. The molecule has 0 bridgehead atoms. The van der Waals surface area contributed by atoms with Crippen LogP contribution < -0.4 is 4.90 Å². The van der Waals surface area contributed by atoms with Crippen LogP contribution in [0.3, 0.4) is 0 Å². The quantitative estimate of drug-likeness (QED) is 0.749. The highest BCUT2D eigenvalue weighted by molar-refractivity contribution is 5.95. The van der Waals surface area contributed by atoms with Crippen LogP contribution in [0.4, 0.5) is 5.82 Å². The molecule has 3 heterocycles. The summed E-state index contributed by atoms with van der Waals surface area (Å²) in [5.41, 5.74) is 2.11. The molecule has 1 aromatic rings. The zero-order chi connectivity index (χ0) is 20.7. The number of fused-ring (bicyclic) bond motifs is 1. The van der Waals surface area contributed by atoms with Gasteiger partial charge in [-0.15, -0.1) is 0 Å². The molecule has 1 saturated heterocycles. The van der Waals surface area contributed by atoms with Crippen molar-refractivity contribution in [3.8, 4) is 0 Å². The second kappa shape index (κ2) is 8.27. The summed E-state index contributed by atoms with van der Waals surface area (Å²) in [5.74, 6) is 2.86. The molecule has 3 fully saturated rings. The average molecular weight is 411 g/mol. The van der Waals surface area contributed by atoms with Crippen LogP contribution in [0.15, 0.2) is 0 Å². The first-order chi connectivity index (χ1) is 14.6. The van der Waals surface area contributed by atoms with Crippen LogP contribution in [0.2, 0.25) is 0 Å². The van der Waals surface area contributed by atoms with Crippen LogP contribution in [0.25, 0.3) is 0 Å². The third kappa shape index (κ3) is 3.63. The fourth-order valence-electron chi connectivity index (χ4n) is 5.76. The molecule has 2 amide bonds. The third-order valence-corrected chi connectivity index (χ3v) is 7.81. The predicted molar refractivity (Wildman–Crippen MR) is 115 cm³/mol. The van der Waals surface area contributed by atoms with E-state index in [1.54, 1.807) is 0 Å². The van der Waals surface area contributed by atoms with Crippen LogP contribution >= 0.6 is 0 Å². The molecular formula is C24H34N4O2. The van der Waals surface area contributed by atoms with Crippen molar-refractivity contribution in [2.45, 2.75) is 90.0 Å². The maximum Gasteiger partial charge on any atom is 0.228 e. The summed E-state index contributed by atoms with van der Waals surface area (Å²) in [5, 5.41) is 0. The number of aromatic nitrogens is 2. The molecule has 0 aromatic carbocycles. The van der Waals surface area contributed by atoms with Gasteiger partial charge in [0.2, 0.25) is 11.8 Å². The van der Waals surface area contributed by atoms with Gasteiger partial charge in [0.1, 0.15) is 5.82 Å². The summed E-state index contributed by atoms with van der Waals surface area (Å²) in [4.78, 5) is 39.7. The molecule has 2 saturated carbocycles. The Labute approximate surface area is 179 Å². The number of nitrogens with zero attached hydrogens (tertiary/aromatic N) is 4. The lowest BCUT2D eigenvalue weighted by Gasteiger charge is -2.35. The van der Waals surface area contributed by atoms with E-state index in [2.05, 4.69) is 0 Å². The van der Waals surface area contributed by atoms with Gasteiger partial charge in [0.05, 0.1) is 6.04 Å². The zero-order valence-corrected chi connectivity index (χ0v) is 18.2. The van der Waals surface area contributed by atoms with Crippen LogP contribution in [-0.2, 0) is 16.0 Å². The van der Waals surface area contributed by atoms with Crippen molar-refractivity contribution in [1.29, 1.82) is 0 Å². The van der Waals surface area contributed by atoms with Crippen LogP contribution in [0, 0.1) is 18.8 Å². The minimum absolute atomic E-state index is 0.0318. The first-order valence-corrected chi connectivity index (χ1v) is 12.1. The Morgan fingerprint density at radius 3 is 2.50 bits per heavy atom. The van der Waals surface area contributed by atoms with Crippen molar-refractivity contribution in [3.05, 3.63) is 17.1 Å². The van der Waals surface area contributed by atoms with Gasteiger partial charge in [-0.05, 0) is 57.8 Å². The standard InChI is InChI=1S/C24H34N4O2/c1-16-19-12-13-21(29)28(15-17-7-3-2-4-8-17)23(19)26-22(25-16)20-11-6-14-27(20)24(30)18-9-5-10-18/h17-18,20H,2-15H2,1H3/t20-/m0/s1. The third-order valence-electron chi connectivity index (χ3n) is 7.81. The molecule has 30 heavy (non-hydrogen) atoms. The fourth-order valence-corrected chi connectivity index (χ4v) is 5.76. The lowest BCUT2D eigenvalue weighted by atomic mass is 9.84. The number of hydrogen-bond acceptors (Lipinski definition) is 4. The maximum atomic E-state index is 13.0. The van der Waals surface area contributed by atoms with Crippen molar-refractivity contribution in [2.75, 3.05) is 18.0 Å². The number of hydrogen-bond donors (Lipinski definition) is 0. The van der Waals surface area contributed by atoms with Crippen LogP contribution in [0.5, 0.6) is 0 Å². The molecular weight excluding hydrogens is 376 g/mol. The molecule has 0 N–H and O–H groups in total. The maximum absolute atomic E-state index is 13.0. The average Bonchev–Trinajstić information content (AvgIpc) is 3.19. The Balaban J connectivity index is 1.44. The van der Waals surface area contributed by atoms with Crippen molar-refractivity contribution in [2.24, 2.45) is 11.8 Å². The van der Waals surface area contributed by atoms with E-state index in [0.717, 1.165) is 68.1 Å². The fraction of sp³-hybridized carbons (Fsp3) is 0.750. The molecule has 0 spiro atoms. The molecule has 6 nitrogen and oxygen atoms in total. The minimum Gasteiger partial charge on any atom is -0.332 e. The van der Waals surface area contributed by atoms with Gasteiger partial charge in [-0.3, -0.25) is 14.5 Å². The molecule has 1 aromatic heterocycles. The predicted octanol–water partition coefficient (Wildman–Crippen LogP) is 4.11. The first kappa shape index (κ1) is 20.0. The van der Waals surface area contributed by atoms with Gasteiger partial charge in [0, 0.05) is 36.7 Å². The number of anilines is 1. The Morgan fingerprint density at radius 2 is 1.77 bits per heavy atom. The molecule has 0 radical (unpaired) electrons. The smallest absolute Gasteiger partial charge is 0.228 e. The largest absolute Gasteiger partial charge is 0.332 e. The highest BCUT2D eigenvalue weighted by Gasteiger charge is 2.39. The molecule has 0 unspecified atom stereocenters. The van der Waals surface area contributed by atoms with Gasteiger partial charge in [0.15, 0.2) is 5.82 Å². The molecule has 1 atom stereocenters. The van der Waals surface area contributed by atoms with Gasteiger partial charge in [-0.1, -0.05) is 25.7 Å². The topological polar surface area (TPSA) is 66.4 Å². The van der Waals surface area contributed by atoms with E-state index in [1.807, 2.05) is 16.7 Å². The highest BCUT2D eigenvalue weighted by Crippen LogP contribution is 2.38. The minimum atomic E-state index is -0.0318. The summed E-state index contributed by atoms with van der Waals surface area (Å²) in [6, 6.07) is -0.0318. The van der Waals surface area contributed by atoms with E-state index in [9.17, 15) is 9.59 Å². The molecule has 4 aliphatic rings.